The number of nitrogens with zero attached hydrogens (tertiary/aromatic N) is 2. The molecule has 2 heterocycles. The molecule has 0 aliphatic carbocycles. The number of methoxy groups -OCH3 is 1. The highest BCUT2D eigenvalue weighted by Crippen LogP contribution is 2.21. The summed E-state index contributed by atoms with van der Waals surface area (Å²) in [4.78, 5) is 19.6. The second kappa shape index (κ2) is 5.24. The minimum Gasteiger partial charge on any atom is -0.464 e. The van der Waals surface area contributed by atoms with E-state index in [1.165, 1.54) is 18.4 Å². The Kier molecular flexibility index (Phi) is 3.70. The van der Waals surface area contributed by atoms with Crippen LogP contribution in [0.15, 0.2) is 28.2 Å². The predicted molar refractivity (Wildman–Crippen MR) is 68.7 cm³/mol. The topological polar surface area (TPSA) is 64.1 Å². The Morgan fingerprint density at radius 1 is 1.53 bits per heavy atom. The van der Waals surface area contributed by atoms with Gasteiger partial charge in [0.2, 0.25) is 0 Å². The lowest BCUT2D eigenvalue weighted by molar-refractivity contribution is 0.0594. The van der Waals surface area contributed by atoms with E-state index < -0.39 is 5.97 Å². The number of carbonyl (C=O) groups excluding carboxylic acids is 1. The third kappa shape index (κ3) is 3.01. The molecule has 0 fully saturated rings. The third-order valence-electron chi connectivity index (χ3n) is 1.85. The molecule has 0 aromatic carbocycles. The Bertz CT molecular complexity index is 530. The molecule has 0 saturated carbocycles. The number of rotatable bonds is 3. The summed E-state index contributed by atoms with van der Waals surface area (Å²) >= 11 is 4.76. The van der Waals surface area contributed by atoms with E-state index in [-0.39, 0.29) is 5.69 Å². The van der Waals surface area contributed by atoms with Crippen LogP contribution in [0.2, 0.25) is 0 Å². The van der Waals surface area contributed by atoms with Crippen LogP contribution in [0, 0.1) is 0 Å². The molecule has 0 saturated heterocycles. The highest BCUT2D eigenvalue weighted by Gasteiger charge is 2.10. The van der Waals surface area contributed by atoms with E-state index in [4.69, 9.17) is 0 Å². The van der Waals surface area contributed by atoms with Gasteiger partial charge in [0.05, 0.1) is 7.11 Å². The van der Waals surface area contributed by atoms with Gasteiger partial charge in [0.15, 0.2) is 10.8 Å². The lowest BCUT2D eigenvalue weighted by atomic mass is 10.3. The van der Waals surface area contributed by atoms with Crippen molar-refractivity contribution in [2.24, 2.45) is 0 Å². The van der Waals surface area contributed by atoms with Crippen molar-refractivity contribution in [3.8, 4) is 0 Å². The molecule has 88 valence electrons. The lowest BCUT2D eigenvalue weighted by Crippen LogP contribution is -2.06. The van der Waals surface area contributed by atoms with Gasteiger partial charge in [-0.1, -0.05) is 15.9 Å². The second-order valence-electron chi connectivity index (χ2n) is 3.01. The first-order valence-corrected chi connectivity index (χ1v) is 6.29. The van der Waals surface area contributed by atoms with Crippen LogP contribution in [0.3, 0.4) is 0 Å². The van der Waals surface area contributed by atoms with Crippen molar-refractivity contribution in [2.75, 3.05) is 12.4 Å². The minimum absolute atomic E-state index is 0.237. The Morgan fingerprint density at radius 3 is 3.00 bits per heavy atom. The molecule has 0 unspecified atom stereocenters. The van der Waals surface area contributed by atoms with E-state index >= 15 is 0 Å². The van der Waals surface area contributed by atoms with Crippen LogP contribution in [0.25, 0.3) is 0 Å². The zero-order valence-electron chi connectivity index (χ0n) is 8.81. The molecule has 7 heteroatoms. The molecular weight excluding hydrogens is 306 g/mol. The summed E-state index contributed by atoms with van der Waals surface area (Å²) in [5.41, 5.74) is 0.237. The van der Waals surface area contributed by atoms with Gasteiger partial charge in [-0.25, -0.2) is 14.8 Å². The number of hydrogen-bond donors (Lipinski definition) is 1. The molecular formula is C10H8BrN3O2S. The maximum atomic E-state index is 11.4. The average Bonchev–Trinajstić information content (AvgIpc) is 2.80. The Balaban J connectivity index is 2.28. The summed E-state index contributed by atoms with van der Waals surface area (Å²) in [6.07, 6.45) is 1.69. The smallest absolute Gasteiger partial charge is 0.356 e. The number of hydrogen-bond acceptors (Lipinski definition) is 6. The van der Waals surface area contributed by atoms with Gasteiger partial charge in [-0.15, -0.1) is 11.3 Å². The Hall–Kier alpha value is -1.47. The van der Waals surface area contributed by atoms with Crippen LogP contribution in [0.4, 0.5) is 10.9 Å². The van der Waals surface area contributed by atoms with Crippen molar-refractivity contribution >= 4 is 44.2 Å². The van der Waals surface area contributed by atoms with E-state index in [0.29, 0.717) is 10.9 Å². The van der Waals surface area contributed by atoms with Gasteiger partial charge in [0.25, 0.3) is 0 Å². The van der Waals surface area contributed by atoms with Crippen LogP contribution in [-0.4, -0.2) is 23.0 Å². The maximum absolute atomic E-state index is 11.4. The molecule has 2 rings (SSSR count). The molecule has 2 aromatic heterocycles. The van der Waals surface area contributed by atoms with Crippen LogP contribution < -0.4 is 5.32 Å². The molecule has 5 nitrogen and oxygen atoms in total. The van der Waals surface area contributed by atoms with Gasteiger partial charge in [-0.05, 0) is 12.1 Å². The number of anilines is 2. The fourth-order valence-electron chi connectivity index (χ4n) is 1.17. The number of esters is 1. The average molecular weight is 314 g/mol. The standard InChI is InChI=1S/C10H8BrN3O2S/c1-16-9(15)7-4-6(11)5-8(13-7)14-10-12-2-3-17-10/h2-5H,1H3,(H,12,13,14). The summed E-state index contributed by atoms with van der Waals surface area (Å²) in [6.45, 7) is 0. The summed E-state index contributed by atoms with van der Waals surface area (Å²) < 4.78 is 5.36. The number of ether oxygens (including phenoxy) is 1. The number of aromatic nitrogens is 2. The van der Waals surface area contributed by atoms with E-state index in [1.807, 2.05) is 5.38 Å². The van der Waals surface area contributed by atoms with Crippen LogP contribution >= 0.6 is 27.3 Å². The highest BCUT2D eigenvalue weighted by atomic mass is 79.9. The molecule has 0 atom stereocenters. The van der Waals surface area contributed by atoms with Gasteiger partial charge in [-0.3, -0.25) is 0 Å². The van der Waals surface area contributed by atoms with Crippen LogP contribution in [0.5, 0.6) is 0 Å². The van der Waals surface area contributed by atoms with Crippen molar-refractivity contribution < 1.29 is 9.53 Å². The van der Waals surface area contributed by atoms with Gasteiger partial charge in [0, 0.05) is 16.0 Å². The monoisotopic (exact) mass is 313 g/mol. The Morgan fingerprint density at radius 2 is 2.35 bits per heavy atom. The van der Waals surface area contributed by atoms with Crippen molar-refractivity contribution in [3.63, 3.8) is 0 Å². The molecule has 1 N–H and O–H groups in total. The molecule has 0 spiro atoms. The quantitative estimate of drug-likeness (QED) is 0.883. The van der Waals surface area contributed by atoms with E-state index in [0.717, 1.165) is 4.47 Å². The van der Waals surface area contributed by atoms with Gasteiger partial charge < -0.3 is 10.1 Å². The normalized spacial score (nSPS) is 10.0. The highest BCUT2D eigenvalue weighted by molar-refractivity contribution is 9.10. The molecule has 0 aliphatic rings. The summed E-state index contributed by atoms with van der Waals surface area (Å²) in [5, 5.41) is 5.57. The summed E-state index contributed by atoms with van der Waals surface area (Å²) in [6, 6.07) is 3.35. The molecule has 17 heavy (non-hydrogen) atoms. The van der Waals surface area contributed by atoms with E-state index in [9.17, 15) is 4.79 Å². The Labute approximate surface area is 110 Å². The molecule has 0 bridgehead atoms. The van der Waals surface area contributed by atoms with Crippen LogP contribution in [0.1, 0.15) is 10.5 Å². The van der Waals surface area contributed by atoms with Crippen molar-refractivity contribution in [2.45, 2.75) is 0 Å². The predicted octanol–water partition coefficient (Wildman–Crippen LogP) is 2.83. The fraction of sp³-hybridized carbons (Fsp3) is 0.100. The fourth-order valence-corrected chi connectivity index (χ4v) is 2.13. The van der Waals surface area contributed by atoms with Gasteiger partial charge >= 0.3 is 5.97 Å². The first-order valence-electron chi connectivity index (χ1n) is 4.61. The van der Waals surface area contributed by atoms with E-state index in [2.05, 4.69) is 36.0 Å². The zero-order chi connectivity index (χ0) is 12.3. The number of halogens is 1. The summed E-state index contributed by atoms with van der Waals surface area (Å²) in [5.74, 6) is 0.0585. The minimum atomic E-state index is -0.478. The third-order valence-corrected chi connectivity index (χ3v) is 3.00. The lowest BCUT2D eigenvalue weighted by Gasteiger charge is -2.05. The summed E-state index contributed by atoms with van der Waals surface area (Å²) in [7, 11) is 1.32. The van der Waals surface area contributed by atoms with Crippen molar-refractivity contribution in [1.82, 2.24) is 9.97 Å². The maximum Gasteiger partial charge on any atom is 0.356 e. The number of thiazole rings is 1. The SMILES string of the molecule is COC(=O)c1cc(Br)cc(Nc2nccs2)n1. The first-order chi connectivity index (χ1) is 8.19. The molecule has 2 aromatic rings. The first kappa shape index (κ1) is 12.0. The zero-order valence-corrected chi connectivity index (χ0v) is 11.2. The molecule has 0 aliphatic heterocycles. The van der Waals surface area contributed by atoms with Gasteiger partial charge in [-0.2, -0.15) is 0 Å². The largest absolute Gasteiger partial charge is 0.464 e. The van der Waals surface area contributed by atoms with Crippen molar-refractivity contribution in [1.29, 1.82) is 0 Å². The van der Waals surface area contributed by atoms with E-state index in [1.54, 1.807) is 18.3 Å². The number of pyridine rings is 1. The second-order valence-corrected chi connectivity index (χ2v) is 4.82. The van der Waals surface area contributed by atoms with Crippen molar-refractivity contribution in [3.05, 3.63) is 33.9 Å². The van der Waals surface area contributed by atoms with Gasteiger partial charge in [0.1, 0.15) is 5.82 Å². The molecule has 0 radical (unpaired) electrons. The molecule has 0 amide bonds. The number of nitrogens with one attached hydrogen (secondary N) is 1. The number of carbonyl (C=O) groups is 1. The van der Waals surface area contributed by atoms with Crippen LogP contribution in [-0.2, 0) is 4.74 Å².